The molecule has 2 N–H and O–H groups in total. The van der Waals surface area contributed by atoms with Gasteiger partial charge in [0, 0.05) is 25.7 Å². The van der Waals surface area contributed by atoms with Crippen LogP contribution in [0.3, 0.4) is 0 Å². The van der Waals surface area contributed by atoms with Crippen molar-refractivity contribution in [2.75, 3.05) is 0 Å². The minimum absolute atomic E-state index is 0.113. The number of rotatable bonds is 5. The van der Waals surface area contributed by atoms with E-state index in [9.17, 15) is 0 Å². The Morgan fingerprint density at radius 3 is 2.95 bits per heavy atom. The molecular formula is C13H17N7S. The molecule has 0 saturated heterocycles. The molecule has 3 rings (SSSR count). The lowest BCUT2D eigenvalue weighted by atomic mass is 10.1. The number of hydrogen-bond acceptors (Lipinski definition) is 6. The maximum atomic E-state index is 6.13. The van der Waals surface area contributed by atoms with E-state index in [1.807, 2.05) is 31.4 Å². The summed E-state index contributed by atoms with van der Waals surface area (Å²) in [5.41, 5.74) is 8.15. The van der Waals surface area contributed by atoms with Crippen LogP contribution in [0.15, 0.2) is 34.6 Å². The minimum Gasteiger partial charge on any atom is -0.327 e. The summed E-state index contributed by atoms with van der Waals surface area (Å²) in [5, 5.41) is 13.1. The van der Waals surface area contributed by atoms with Crippen LogP contribution in [0.5, 0.6) is 0 Å². The first-order valence-corrected chi connectivity index (χ1v) is 7.62. The van der Waals surface area contributed by atoms with Crippen LogP contribution in [-0.2, 0) is 13.5 Å². The number of nitrogens with zero attached hydrogens (tertiary/aromatic N) is 6. The normalized spacial score (nSPS) is 12.9. The molecule has 3 aromatic heterocycles. The highest BCUT2D eigenvalue weighted by Crippen LogP contribution is 2.29. The smallest absolute Gasteiger partial charge is 0.215 e. The van der Waals surface area contributed by atoms with Crippen molar-refractivity contribution in [1.29, 1.82) is 0 Å². The Morgan fingerprint density at radius 2 is 2.24 bits per heavy atom. The molecule has 7 nitrogen and oxygen atoms in total. The second kappa shape index (κ2) is 5.82. The minimum atomic E-state index is 0.113. The van der Waals surface area contributed by atoms with E-state index in [-0.39, 0.29) is 6.04 Å². The molecule has 0 amide bonds. The highest BCUT2D eigenvalue weighted by Gasteiger charge is 2.17. The molecule has 0 aliphatic heterocycles. The summed E-state index contributed by atoms with van der Waals surface area (Å²) in [6, 6.07) is 6.07. The van der Waals surface area contributed by atoms with Gasteiger partial charge in [-0.15, -0.1) is 5.10 Å². The van der Waals surface area contributed by atoms with Gasteiger partial charge in [-0.1, -0.05) is 13.0 Å². The molecule has 21 heavy (non-hydrogen) atoms. The van der Waals surface area contributed by atoms with Gasteiger partial charge >= 0.3 is 0 Å². The second-order valence-corrected chi connectivity index (χ2v) is 5.81. The molecule has 0 saturated carbocycles. The summed E-state index contributed by atoms with van der Waals surface area (Å²) >= 11 is 1.47. The van der Waals surface area contributed by atoms with Crippen molar-refractivity contribution in [3.63, 3.8) is 0 Å². The largest absolute Gasteiger partial charge is 0.327 e. The number of aromatic nitrogens is 6. The van der Waals surface area contributed by atoms with E-state index in [2.05, 4.69) is 31.8 Å². The molecule has 0 aromatic carbocycles. The fraction of sp³-hybridized carbons (Fsp3) is 0.385. The molecule has 0 spiro atoms. The SMILES string of the molecule is CCC(N)Cc1c(Sc2nnnn2C)nc2ccccn12. The number of aryl methyl sites for hydroxylation is 1. The molecule has 3 aromatic rings. The van der Waals surface area contributed by atoms with Crippen molar-refractivity contribution in [3.8, 4) is 0 Å². The molecule has 1 unspecified atom stereocenters. The highest BCUT2D eigenvalue weighted by molar-refractivity contribution is 7.99. The van der Waals surface area contributed by atoms with Crippen molar-refractivity contribution < 1.29 is 0 Å². The van der Waals surface area contributed by atoms with Gasteiger partial charge in [0.15, 0.2) is 0 Å². The first-order chi connectivity index (χ1) is 10.2. The molecule has 0 aliphatic carbocycles. The van der Waals surface area contributed by atoms with Crippen LogP contribution >= 0.6 is 11.8 Å². The maximum Gasteiger partial charge on any atom is 0.215 e. The van der Waals surface area contributed by atoms with Crippen molar-refractivity contribution in [2.24, 2.45) is 12.8 Å². The van der Waals surface area contributed by atoms with E-state index in [0.29, 0.717) is 5.16 Å². The first-order valence-electron chi connectivity index (χ1n) is 6.80. The summed E-state index contributed by atoms with van der Waals surface area (Å²) in [4.78, 5) is 4.68. The van der Waals surface area contributed by atoms with Gasteiger partial charge < -0.3 is 10.1 Å². The molecular weight excluding hydrogens is 286 g/mol. The summed E-state index contributed by atoms with van der Waals surface area (Å²) in [5.74, 6) is 0. The number of fused-ring (bicyclic) bond motifs is 1. The third kappa shape index (κ3) is 2.77. The average Bonchev–Trinajstić information content (AvgIpc) is 3.04. The van der Waals surface area contributed by atoms with Gasteiger partial charge in [-0.05, 0) is 40.7 Å². The third-order valence-electron chi connectivity index (χ3n) is 3.34. The monoisotopic (exact) mass is 303 g/mol. The zero-order chi connectivity index (χ0) is 14.8. The van der Waals surface area contributed by atoms with Gasteiger partial charge in [-0.2, -0.15) is 0 Å². The van der Waals surface area contributed by atoms with Crippen LogP contribution in [0, 0.1) is 0 Å². The zero-order valence-corrected chi connectivity index (χ0v) is 12.8. The number of tetrazole rings is 1. The van der Waals surface area contributed by atoms with Gasteiger partial charge in [-0.3, -0.25) is 0 Å². The number of pyridine rings is 1. The van der Waals surface area contributed by atoms with Gasteiger partial charge in [0.05, 0.1) is 5.69 Å². The van der Waals surface area contributed by atoms with Gasteiger partial charge in [0.2, 0.25) is 5.16 Å². The first kappa shape index (κ1) is 14.0. The highest BCUT2D eigenvalue weighted by atomic mass is 32.2. The molecule has 1 atom stereocenters. The number of nitrogens with two attached hydrogens (primary N) is 1. The Morgan fingerprint density at radius 1 is 1.38 bits per heavy atom. The number of imidazole rings is 1. The Bertz CT molecular complexity index is 748. The summed E-state index contributed by atoms with van der Waals surface area (Å²) in [6.45, 7) is 2.09. The number of hydrogen-bond donors (Lipinski definition) is 1. The van der Waals surface area contributed by atoms with Crippen LogP contribution in [0.4, 0.5) is 0 Å². The quantitative estimate of drug-likeness (QED) is 0.764. The average molecular weight is 303 g/mol. The topological polar surface area (TPSA) is 86.9 Å². The zero-order valence-electron chi connectivity index (χ0n) is 12.0. The van der Waals surface area contributed by atoms with E-state index in [1.54, 1.807) is 4.68 Å². The third-order valence-corrected chi connectivity index (χ3v) is 4.39. The summed E-state index contributed by atoms with van der Waals surface area (Å²) in [7, 11) is 1.82. The molecule has 0 fully saturated rings. The van der Waals surface area contributed by atoms with Crippen LogP contribution in [0.1, 0.15) is 19.0 Å². The Kier molecular flexibility index (Phi) is 3.89. The predicted octanol–water partition coefficient (Wildman–Crippen LogP) is 1.29. The Hall–Kier alpha value is -1.93. The summed E-state index contributed by atoms with van der Waals surface area (Å²) in [6.07, 6.45) is 3.71. The van der Waals surface area contributed by atoms with Gasteiger partial charge in [-0.25, -0.2) is 9.67 Å². The van der Waals surface area contributed by atoms with Crippen LogP contribution < -0.4 is 5.73 Å². The van der Waals surface area contributed by atoms with Crippen LogP contribution in [0.25, 0.3) is 5.65 Å². The summed E-state index contributed by atoms with van der Waals surface area (Å²) < 4.78 is 3.72. The fourth-order valence-electron chi connectivity index (χ4n) is 2.08. The van der Waals surface area contributed by atoms with Crippen LogP contribution in [-0.4, -0.2) is 35.6 Å². The lowest BCUT2D eigenvalue weighted by molar-refractivity contribution is 0.626. The lowest BCUT2D eigenvalue weighted by Gasteiger charge is -2.09. The molecule has 0 aliphatic rings. The standard InChI is InChI=1S/C13H17N7S/c1-3-9(14)8-10-12(21-13-16-17-18-19(13)2)15-11-6-4-5-7-20(10)11/h4-7,9H,3,8,14H2,1-2H3. The van der Waals surface area contributed by atoms with Crippen molar-refractivity contribution in [3.05, 3.63) is 30.1 Å². The lowest BCUT2D eigenvalue weighted by Crippen LogP contribution is -2.22. The van der Waals surface area contributed by atoms with Crippen LogP contribution in [0.2, 0.25) is 0 Å². The molecule has 0 bridgehead atoms. The van der Waals surface area contributed by atoms with E-state index >= 15 is 0 Å². The molecule has 0 radical (unpaired) electrons. The molecule has 3 heterocycles. The molecule has 110 valence electrons. The Labute approximate surface area is 126 Å². The Balaban J connectivity index is 2.03. The van der Waals surface area contributed by atoms with E-state index in [0.717, 1.165) is 29.2 Å². The predicted molar refractivity (Wildman–Crippen MR) is 80.1 cm³/mol. The van der Waals surface area contributed by atoms with E-state index < -0.39 is 0 Å². The molecule has 8 heteroatoms. The maximum absolute atomic E-state index is 6.13. The fourth-order valence-corrected chi connectivity index (χ4v) is 2.94. The van der Waals surface area contributed by atoms with Gasteiger partial charge in [0.1, 0.15) is 10.7 Å². The second-order valence-electron chi connectivity index (χ2n) is 4.85. The van der Waals surface area contributed by atoms with Crippen molar-refractivity contribution >= 4 is 17.4 Å². The van der Waals surface area contributed by atoms with Crippen molar-refractivity contribution in [2.45, 2.75) is 36.0 Å². The van der Waals surface area contributed by atoms with Gasteiger partial charge in [0.25, 0.3) is 0 Å². The van der Waals surface area contributed by atoms with E-state index in [1.165, 1.54) is 11.8 Å². The van der Waals surface area contributed by atoms with Crippen molar-refractivity contribution in [1.82, 2.24) is 29.6 Å². The van der Waals surface area contributed by atoms with E-state index in [4.69, 9.17) is 5.73 Å².